The molecule has 0 spiro atoms. The van der Waals surface area contributed by atoms with Crippen molar-refractivity contribution in [1.82, 2.24) is 29.7 Å². The van der Waals surface area contributed by atoms with Gasteiger partial charge in [0.05, 0.1) is 29.3 Å². The van der Waals surface area contributed by atoms with Crippen LogP contribution in [0.4, 0.5) is 17.6 Å². The summed E-state index contributed by atoms with van der Waals surface area (Å²) in [4.78, 5) is 18.5. The summed E-state index contributed by atoms with van der Waals surface area (Å²) in [5.74, 6) is -0.00246. The van der Waals surface area contributed by atoms with Gasteiger partial charge in [0.15, 0.2) is 5.65 Å². The Bertz CT molecular complexity index is 1510. The SMILES string of the molecule is Cc1nc2nc([C@H]3CCO[C@H](c4cnn(CC5CC5)c4)C3)nc(-c3ccc(C(F)(F)F)cc3F)c2nc1C. The van der Waals surface area contributed by atoms with Crippen molar-refractivity contribution in [1.29, 1.82) is 0 Å². The maximum Gasteiger partial charge on any atom is 0.416 e. The van der Waals surface area contributed by atoms with Gasteiger partial charge in [-0.3, -0.25) is 4.68 Å². The summed E-state index contributed by atoms with van der Waals surface area (Å²) < 4.78 is 62.6. The fraction of sp³-hybridized carbons (Fsp3) is 0.444. The zero-order valence-electron chi connectivity index (χ0n) is 21.0. The number of aromatic nitrogens is 6. The van der Waals surface area contributed by atoms with Gasteiger partial charge in [-0.05, 0) is 63.6 Å². The maximum atomic E-state index is 15.1. The molecule has 2 fully saturated rings. The quantitative estimate of drug-likeness (QED) is 0.292. The van der Waals surface area contributed by atoms with Crippen LogP contribution in [-0.4, -0.2) is 36.3 Å². The number of rotatable bonds is 5. The molecule has 2 atom stereocenters. The third kappa shape index (κ3) is 4.87. The normalized spacial score (nSPS) is 20.3. The number of nitrogens with zero attached hydrogens (tertiary/aromatic N) is 6. The molecule has 11 heteroatoms. The molecule has 0 amide bonds. The van der Waals surface area contributed by atoms with E-state index in [1.165, 1.54) is 12.8 Å². The predicted octanol–water partition coefficient (Wildman–Crippen LogP) is 6.10. The van der Waals surface area contributed by atoms with Gasteiger partial charge >= 0.3 is 6.18 Å². The number of ether oxygens (including phenoxy) is 1. The number of hydrogen-bond donors (Lipinski definition) is 0. The molecule has 7 nitrogen and oxygen atoms in total. The van der Waals surface area contributed by atoms with Crippen LogP contribution in [0, 0.1) is 25.6 Å². The molecule has 1 aromatic carbocycles. The van der Waals surface area contributed by atoms with Crippen LogP contribution in [0.3, 0.4) is 0 Å². The van der Waals surface area contributed by atoms with Crippen molar-refractivity contribution in [3.8, 4) is 11.3 Å². The summed E-state index contributed by atoms with van der Waals surface area (Å²) in [7, 11) is 0. The van der Waals surface area contributed by atoms with Gasteiger partial charge in [-0.1, -0.05) is 0 Å². The molecule has 2 aliphatic rings. The van der Waals surface area contributed by atoms with Crippen molar-refractivity contribution in [2.24, 2.45) is 5.92 Å². The van der Waals surface area contributed by atoms with Gasteiger partial charge in [0.1, 0.15) is 22.9 Å². The number of hydrogen-bond acceptors (Lipinski definition) is 6. The first-order chi connectivity index (χ1) is 18.2. The molecule has 38 heavy (non-hydrogen) atoms. The van der Waals surface area contributed by atoms with E-state index in [-0.39, 0.29) is 34.4 Å². The van der Waals surface area contributed by atoms with Crippen LogP contribution in [0.25, 0.3) is 22.4 Å². The molecule has 0 N–H and O–H groups in total. The van der Waals surface area contributed by atoms with Crippen LogP contribution in [-0.2, 0) is 17.5 Å². The van der Waals surface area contributed by atoms with E-state index >= 15 is 4.39 Å². The number of halogens is 4. The lowest BCUT2D eigenvalue weighted by Gasteiger charge is -2.28. The minimum Gasteiger partial charge on any atom is -0.373 e. The Kier molecular flexibility index (Phi) is 6.13. The van der Waals surface area contributed by atoms with Crippen molar-refractivity contribution in [2.75, 3.05) is 6.61 Å². The third-order valence-corrected chi connectivity index (χ3v) is 7.33. The molecule has 0 unspecified atom stereocenters. The molecule has 1 aliphatic carbocycles. The first-order valence-corrected chi connectivity index (χ1v) is 12.7. The molecule has 1 saturated heterocycles. The molecule has 1 aliphatic heterocycles. The summed E-state index contributed by atoms with van der Waals surface area (Å²) >= 11 is 0. The maximum absolute atomic E-state index is 15.1. The minimum absolute atomic E-state index is 0.0748. The highest BCUT2D eigenvalue weighted by molar-refractivity contribution is 5.87. The molecule has 198 valence electrons. The summed E-state index contributed by atoms with van der Waals surface area (Å²) in [6.45, 7) is 4.94. The number of alkyl halides is 3. The Morgan fingerprint density at radius 3 is 2.55 bits per heavy atom. The van der Waals surface area contributed by atoms with Gasteiger partial charge in [0.2, 0.25) is 0 Å². The summed E-state index contributed by atoms with van der Waals surface area (Å²) in [6, 6.07) is 2.44. The number of fused-ring (bicyclic) bond motifs is 1. The van der Waals surface area contributed by atoms with Gasteiger partial charge in [0.25, 0.3) is 0 Å². The standard InChI is InChI=1S/C27H26F4N6O/c1-14-15(2)34-26-24(33-14)23(20-6-5-19(10-21(20)28)27(29,30)31)35-25(36-26)17-7-8-38-22(9-17)18-11-32-37(13-18)12-16-3-4-16/h5-6,10-11,13,16-17,22H,3-4,7-9,12H2,1-2H3/t17-,22-/m0/s1. The number of benzene rings is 1. The van der Waals surface area contributed by atoms with Crippen LogP contribution in [0.2, 0.25) is 0 Å². The van der Waals surface area contributed by atoms with Crippen molar-refractivity contribution in [3.63, 3.8) is 0 Å². The lowest BCUT2D eigenvalue weighted by molar-refractivity contribution is -0.137. The van der Waals surface area contributed by atoms with Gasteiger partial charge in [-0.2, -0.15) is 18.3 Å². The number of aryl methyl sites for hydroxylation is 2. The average Bonchev–Trinajstić information content (AvgIpc) is 3.57. The zero-order valence-corrected chi connectivity index (χ0v) is 21.0. The van der Waals surface area contributed by atoms with E-state index in [1.54, 1.807) is 13.8 Å². The Balaban J connectivity index is 1.38. The molecule has 6 rings (SSSR count). The topological polar surface area (TPSA) is 78.6 Å². The Morgan fingerprint density at radius 1 is 1.03 bits per heavy atom. The van der Waals surface area contributed by atoms with Crippen LogP contribution in [0.1, 0.15) is 66.0 Å². The molecule has 0 radical (unpaired) electrons. The first kappa shape index (κ1) is 24.8. The summed E-state index contributed by atoms with van der Waals surface area (Å²) in [6.07, 6.45) is 2.71. The molecular weight excluding hydrogens is 500 g/mol. The minimum atomic E-state index is -4.66. The third-order valence-electron chi connectivity index (χ3n) is 7.33. The average molecular weight is 527 g/mol. The van der Waals surface area contributed by atoms with E-state index in [9.17, 15) is 13.2 Å². The van der Waals surface area contributed by atoms with Crippen LogP contribution in [0.5, 0.6) is 0 Å². The second-order valence-corrected chi connectivity index (χ2v) is 10.2. The highest BCUT2D eigenvalue weighted by Gasteiger charge is 2.33. The smallest absolute Gasteiger partial charge is 0.373 e. The monoisotopic (exact) mass is 526 g/mol. The van der Waals surface area contributed by atoms with Gasteiger partial charge in [0, 0.05) is 36.4 Å². The van der Waals surface area contributed by atoms with Crippen molar-refractivity contribution < 1.29 is 22.3 Å². The van der Waals surface area contributed by atoms with Crippen LogP contribution >= 0.6 is 0 Å². The molecular formula is C27H26F4N6O. The van der Waals surface area contributed by atoms with Crippen LogP contribution < -0.4 is 0 Å². The zero-order chi connectivity index (χ0) is 26.6. The van der Waals surface area contributed by atoms with Crippen LogP contribution in [0.15, 0.2) is 30.6 Å². The summed E-state index contributed by atoms with van der Waals surface area (Å²) in [5, 5.41) is 4.48. The van der Waals surface area contributed by atoms with E-state index in [1.807, 2.05) is 17.1 Å². The van der Waals surface area contributed by atoms with Gasteiger partial charge < -0.3 is 4.74 Å². The van der Waals surface area contributed by atoms with E-state index in [0.29, 0.717) is 48.6 Å². The van der Waals surface area contributed by atoms with Crippen molar-refractivity contribution in [2.45, 2.75) is 64.3 Å². The van der Waals surface area contributed by atoms with E-state index in [4.69, 9.17) is 9.72 Å². The molecule has 4 heterocycles. The Hall–Kier alpha value is -3.47. The fourth-order valence-electron chi connectivity index (χ4n) is 4.86. The summed E-state index contributed by atoms with van der Waals surface area (Å²) in [5.41, 5.74) is 1.78. The largest absolute Gasteiger partial charge is 0.416 e. The predicted molar refractivity (Wildman–Crippen MR) is 131 cm³/mol. The highest BCUT2D eigenvalue weighted by Crippen LogP contribution is 2.39. The molecule has 0 bridgehead atoms. The fourth-order valence-corrected chi connectivity index (χ4v) is 4.86. The first-order valence-electron chi connectivity index (χ1n) is 12.7. The second kappa shape index (κ2) is 9.37. The highest BCUT2D eigenvalue weighted by atomic mass is 19.4. The van der Waals surface area contributed by atoms with Crippen molar-refractivity contribution in [3.05, 3.63) is 64.7 Å². The Labute approximate surface area is 216 Å². The van der Waals surface area contributed by atoms with Gasteiger partial charge in [-0.15, -0.1) is 0 Å². The Morgan fingerprint density at radius 2 is 1.82 bits per heavy atom. The lowest BCUT2D eigenvalue weighted by Crippen LogP contribution is -2.20. The van der Waals surface area contributed by atoms with E-state index in [2.05, 4.69) is 20.1 Å². The van der Waals surface area contributed by atoms with E-state index in [0.717, 1.165) is 24.2 Å². The van der Waals surface area contributed by atoms with Crippen molar-refractivity contribution >= 4 is 11.2 Å². The lowest BCUT2D eigenvalue weighted by atomic mass is 9.92. The second-order valence-electron chi connectivity index (χ2n) is 10.2. The van der Waals surface area contributed by atoms with E-state index < -0.39 is 17.6 Å². The van der Waals surface area contributed by atoms with Gasteiger partial charge in [-0.25, -0.2) is 24.3 Å². The molecule has 4 aromatic rings. The molecule has 3 aromatic heterocycles. The molecule has 1 saturated carbocycles.